The second-order valence-electron chi connectivity index (χ2n) is 4.71. The molecule has 0 amide bonds. The fourth-order valence-electron chi connectivity index (χ4n) is 1.78. The first kappa shape index (κ1) is 15.2. The predicted octanol–water partition coefficient (Wildman–Crippen LogP) is 5.32. The zero-order chi connectivity index (χ0) is 14.7. The lowest BCUT2D eigenvalue weighted by Crippen LogP contribution is -2.06. The normalized spacial score (nSPS) is 10.7. The Hall–Kier alpha value is -1.20. The summed E-state index contributed by atoms with van der Waals surface area (Å²) in [4.78, 5) is 0. The highest BCUT2D eigenvalue weighted by Gasteiger charge is 2.05. The van der Waals surface area contributed by atoms with Crippen molar-refractivity contribution in [2.75, 3.05) is 11.1 Å². The van der Waals surface area contributed by atoms with E-state index in [-0.39, 0.29) is 6.10 Å². The molecule has 0 heterocycles. The Morgan fingerprint density at radius 3 is 2.55 bits per heavy atom. The average Bonchev–Trinajstić information content (AvgIpc) is 2.32. The monoisotopic (exact) mass is 398 g/mol. The molecular weight excluding hydrogens is 384 g/mol. The number of nitrogens with two attached hydrogens (primary N) is 1. The van der Waals surface area contributed by atoms with Crippen molar-refractivity contribution in [1.29, 1.82) is 0 Å². The van der Waals surface area contributed by atoms with E-state index in [1.165, 1.54) is 0 Å². The first-order valence-corrected chi connectivity index (χ1v) is 7.82. The highest BCUT2D eigenvalue weighted by atomic mass is 79.9. The van der Waals surface area contributed by atoms with Crippen LogP contribution in [-0.2, 0) is 0 Å². The maximum Gasteiger partial charge on any atom is 0.123 e. The molecule has 2 aromatic rings. The van der Waals surface area contributed by atoms with Crippen molar-refractivity contribution in [3.05, 3.63) is 45.3 Å². The minimum absolute atomic E-state index is 0.113. The smallest absolute Gasteiger partial charge is 0.123 e. The molecule has 0 unspecified atom stereocenters. The third-order valence-electron chi connectivity index (χ3n) is 2.51. The number of halogens is 2. The van der Waals surface area contributed by atoms with Gasteiger partial charge in [-0.2, -0.15) is 0 Å². The standard InChI is InChI=1S/C15H16Br2N2O/c1-9(2)20-13-7-11(18)6-12(8-13)19-15-5-10(16)3-4-14(15)17/h3-9,19H,18H2,1-2H3. The zero-order valence-corrected chi connectivity index (χ0v) is 14.5. The Balaban J connectivity index is 2.28. The van der Waals surface area contributed by atoms with Gasteiger partial charge in [-0.25, -0.2) is 0 Å². The Morgan fingerprint density at radius 2 is 1.85 bits per heavy atom. The maximum absolute atomic E-state index is 5.92. The number of benzene rings is 2. The minimum atomic E-state index is 0.113. The highest BCUT2D eigenvalue weighted by Crippen LogP contribution is 2.31. The molecule has 0 radical (unpaired) electrons. The van der Waals surface area contributed by atoms with Crippen LogP contribution < -0.4 is 15.8 Å². The van der Waals surface area contributed by atoms with E-state index in [1.807, 2.05) is 50.2 Å². The quantitative estimate of drug-likeness (QED) is 0.683. The summed E-state index contributed by atoms with van der Waals surface area (Å²) in [7, 11) is 0. The Labute approximate surface area is 135 Å². The third-order valence-corrected chi connectivity index (χ3v) is 3.69. The van der Waals surface area contributed by atoms with Crippen molar-refractivity contribution >= 4 is 48.9 Å². The van der Waals surface area contributed by atoms with Crippen LogP contribution in [0.2, 0.25) is 0 Å². The minimum Gasteiger partial charge on any atom is -0.491 e. The number of nitrogen functional groups attached to an aromatic ring is 1. The van der Waals surface area contributed by atoms with Gasteiger partial charge in [-0.1, -0.05) is 15.9 Å². The average molecular weight is 400 g/mol. The SMILES string of the molecule is CC(C)Oc1cc(N)cc(Nc2cc(Br)ccc2Br)c1. The Kier molecular flexibility index (Phi) is 4.94. The lowest BCUT2D eigenvalue weighted by Gasteiger charge is -2.14. The van der Waals surface area contributed by atoms with Crippen LogP contribution in [0.25, 0.3) is 0 Å². The van der Waals surface area contributed by atoms with E-state index in [2.05, 4.69) is 37.2 Å². The van der Waals surface area contributed by atoms with Crippen molar-refractivity contribution < 1.29 is 4.74 Å². The molecule has 3 N–H and O–H groups in total. The van der Waals surface area contributed by atoms with E-state index in [4.69, 9.17) is 10.5 Å². The van der Waals surface area contributed by atoms with Gasteiger partial charge in [0.15, 0.2) is 0 Å². The van der Waals surface area contributed by atoms with Crippen molar-refractivity contribution in [3.8, 4) is 5.75 Å². The second-order valence-corrected chi connectivity index (χ2v) is 6.48. The molecule has 0 atom stereocenters. The van der Waals surface area contributed by atoms with E-state index in [9.17, 15) is 0 Å². The molecule has 0 aliphatic rings. The van der Waals surface area contributed by atoms with Crippen LogP contribution in [0.5, 0.6) is 5.75 Å². The number of anilines is 3. The molecule has 0 aliphatic heterocycles. The van der Waals surface area contributed by atoms with Gasteiger partial charge in [-0.05, 0) is 54.0 Å². The number of rotatable bonds is 4. The van der Waals surface area contributed by atoms with Gasteiger partial charge in [0.25, 0.3) is 0 Å². The van der Waals surface area contributed by atoms with E-state index >= 15 is 0 Å². The molecule has 0 saturated carbocycles. The summed E-state index contributed by atoms with van der Waals surface area (Å²) in [5.41, 5.74) is 8.43. The van der Waals surface area contributed by atoms with E-state index in [1.54, 1.807) is 0 Å². The summed E-state index contributed by atoms with van der Waals surface area (Å²) in [6.45, 7) is 3.97. The lowest BCUT2D eigenvalue weighted by atomic mass is 10.2. The number of hydrogen-bond donors (Lipinski definition) is 2. The number of nitrogens with one attached hydrogen (secondary N) is 1. The van der Waals surface area contributed by atoms with Crippen LogP contribution in [0.15, 0.2) is 45.3 Å². The molecule has 5 heteroatoms. The van der Waals surface area contributed by atoms with Crippen molar-refractivity contribution in [3.63, 3.8) is 0 Å². The topological polar surface area (TPSA) is 47.3 Å². The van der Waals surface area contributed by atoms with E-state index in [0.717, 1.165) is 26.1 Å². The molecule has 0 aliphatic carbocycles. The van der Waals surface area contributed by atoms with Gasteiger partial charge < -0.3 is 15.8 Å². The summed E-state index contributed by atoms with van der Waals surface area (Å²) in [6.07, 6.45) is 0.113. The molecule has 106 valence electrons. The summed E-state index contributed by atoms with van der Waals surface area (Å²) in [6, 6.07) is 11.6. The van der Waals surface area contributed by atoms with Crippen molar-refractivity contribution in [2.24, 2.45) is 0 Å². The summed E-state index contributed by atoms with van der Waals surface area (Å²) >= 11 is 6.98. The van der Waals surface area contributed by atoms with Gasteiger partial charge in [0, 0.05) is 32.5 Å². The molecule has 0 bridgehead atoms. The first-order chi connectivity index (χ1) is 9.44. The summed E-state index contributed by atoms with van der Waals surface area (Å²) in [5.74, 6) is 0.758. The molecule has 2 rings (SSSR count). The van der Waals surface area contributed by atoms with Crippen LogP contribution in [0.1, 0.15) is 13.8 Å². The fraction of sp³-hybridized carbons (Fsp3) is 0.200. The van der Waals surface area contributed by atoms with Crippen LogP contribution in [0, 0.1) is 0 Å². The van der Waals surface area contributed by atoms with E-state index < -0.39 is 0 Å². The van der Waals surface area contributed by atoms with Gasteiger partial charge in [-0.15, -0.1) is 0 Å². The van der Waals surface area contributed by atoms with Gasteiger partial charge in [-0.3, -0.25) is 0 Å². The van der Waals surface area contributed by atoms with Gasteiger partial charge in [0.2, 0.25) is 0 Å². The van der Waals surface area contributed by atoms with Crippen molar-refractivity contribution in [2.45, 2.75) is 20.0 Å². The van der Waals surface area contributed by atoms with Crippen molar-refractivity contribution in [1.82, 2.24) is 0 Å². The van der Waals surface area contributed by atoms with Gasteiger partial charge >= 0.3 is 0 Å². The predicted molar refractivity (Wildman–Crippen MR) is 91.7 cm³/mol. The molecule has 20 heavy (non-hydrogen) atoms. The summed E-state index contributed by atoms with van der Waals surface area (Å²) in [5, 5.41) is 3.33. The fourth-order valence-corrected chi connectivity index (χ4v) is 2.49. The zero-order valence-electron chi connectivity index (χ0n) is 11.3. The molecule has 0 spiro atoms. The highest BCUT2D eigenvalue weighted by molar-refractivity contribution is 9.11. The van der Waals surface area contributed by atoms with Crippen LogP contribution in [-0.4, -0.2) is 6.10 Å². The first-order valence-electron chi connectivity index (χ1n) is 6.23. The second kappa shape index (κ2) is 6.50. The van der Waals surface area contributed by atoms with Crippen LogP contribution in [0.3, 0.4) is 0 Å². The molecule has 0 aromatic heterocycles. The molecular formula is C15H16Br2N2O. The Morgan fingerprint density at radius 1 is 1.10 bits per heavy atom. The largest absolute Gasteiger partial charge is 0.491 e. The van der Waals surface area contributed by atoms with Gasteiger partial charge in [0.1, 0.15) is 5.75 Å². The van der Waals surface area contributed by atoms with Crippen LogP contribution in [0.4, 0.5) is 17.1 Å². The summed E-state index contributed by atoms with van der Waals surface area (Å²) < 4.78 is 7.67. The maximum atomic E-state index is 5.92. The molecule has 0 saturated heterocycles. The number of hydrogen-bond acceptors (Lipinski definition) is 3. The van der Waals surface area contributed by atoms with Gasteiger partial charge in [0.05, 0.1) is 11.8 Å². The lowest BCUT2D eigenvalue weighted by molar-refractivity contribution is 0.242. The Bertz CT molecular complexity index is 615. The molecule has 0 fully saturated rings. The van der Waals surface area contributed by atoms with E-state index in [0.29, 0.717) is 5.69 Å². The molecule has 2 aromatic carbocycles. The van der Waals surface area contributed by atoms with Crippen LogP contribution >= 0.6 is 31.9 Å². The molecule has 3 nitrogen and oxygen atoms in total. The number of ether oxygens (including phenoxy) is 1. The third kappa shape index (κ3) is 4.15.